The second-order valence-corrected chi connectivity index (χ2v) is 3.52. The molecule has 0 radical (unpaired) electrons. The van der Waals surface area contributed by atoms with Gasteiger partial charge in [-0.2, -0.15) is 5.26 Å². The molecule has 0 aromatic heterocycles. The summed E-state index contributed by atoms with van der Waals surface area (Å²) in [5.41, 5.74) is 1.37. The van der Waals surface area contributed by atoms with Gasteiger partial charge < -0.3 is 14.8 Å². The van der Waals surface area contributed by atoms with Crippen LogP contribution in [0.1, 0.15) is 12.5 Å². The Balaban J connectivity index is 2.88. The second kappa shape index (κ2) is 5.99. The summed E-state index contributed by atoms with van der Waals surface area (Å²) >= 11 is 0. The number of hydrogen-bond acceptors (Lipinski definition) is 4. The molecule has 1 aromatic rings. The highest BCUT2D eigenvalue weighted by molar-refractivity contribution is 5.60. The molecule has 0 bridgehead atoms. The molecule has 0 aliphatic carbocycles. The third-order valence-corrected chi connectivity index (χ3v) is 2.17. The van der Waals surface area contributed by atoms with E-state index in [1.807, 2.05) is 13.0 Å². The Morgan fingerprint density at radius 3 is 2.75 bits per heavy atom. The van der Waals surface area contributed by atoms with Crippen molar-refractivity contribution in [2.24, 2.45) is 0 Å². The monoisotopic (exact) mass is 220 g/mol. The van der Waals surface area contributed by atoms with Crippen LogP contribution in [0.25, 0.3) is 0 Å². The predicted octanol–water partition coefficient (Wildman–Crippen LogP) is 2.01. The van der Waals surface area contributed by atoms with Gasteiger partial charge in [0.05, 0.1) is 25.0 Å². The molecule has 1 rings (SSSR count). The summed E-state index contributed by atoms with van der Waals surface area (Å²) in [7, 11) is 3.25. The van der Waals surface area contributed by atoms with Gasteiger partial charge in [0.15, 0.2) is 0 Å². The molecule has 0 spiro atoms. The van der Waals surface area contributed by atoms with Crippen molar-refractivity contribution >= 4 is 5.69 Å². The number of rotatable bonds is 5. The van der Waals surface area contributed by atoms with Crippen molar-refractivity contribution < 1.29 is 9.47 Å². The van der Waals surface area contributed by atoms with Crippen molar-refractivity contribution in [1.29, 1.82) is 5.26 Å². The number of hydrogen-bond donors (Lipinski definition) is 1. The van der Waals surface area contributed by atoms with Crippen LogP contribution in [-0.4, -0.2) is 26.9 Å². The smallest absolute Gasteiger partial charge is 0.121 e. The maximum absolute atomic E-state index is 8.96. The molecule has 0 aliphatic heterocycles. The molecule has 0 amide bonds. The standard InChI is InChI=1S/C12H16N2O2/c1-9(8-15-2)14-12-6-11(16-3)5-4-10(12)7-13/h4-6,9,14H,8H2,1-3H3. The maximum atomic E-state index is 8.96. The fourth-order valence-corrected chi connectivity index (χ4v) is 1.42. The fraction of sp³-hybridized carbons (Fsp3) is 0.417. The van der Waals surface area contributed by atoms with Crippen LogP contribution >= 0.6 is 0 Å². The molecule has 0 aliphatic rings. The van der Waals surface area contributed by atoms with Gasteiger partial charge in [-0.1, -0.05) is 0 Å². The molecule has 0 fully saturated rings. The average molecular weight is 220 g/mol. The van der Waals surface area contributed by atoms with Gasteiger partial charge in [-0.05, 0) is 19.1 Å². The summed E-state index contributed by atoms with van der Waals surface area (Å²) in [6.07, 6.45) is 0. The van der Waals surface area contributed by atoms with E-state index < -0.39 is 0 Å². The lowest BCUT2D eigenvalue weighted by atomic mass is 10.1. The van der Waals surface area contributed by atoms with Crippen LogP contribution < -0.4 is 10.1 Å². The summed E-state index contributed by atoms with van der Waals surface area (Å²) in [4.78, 5) is 0. The first-order valence-corrected chi connectivity index (χ1v) is 5.05. The Hall–Kier alpha value is -1.73. The molecule has 1 aromatic carbocycles. The number of methoxy groups -OCH3 is 2. The van der Waals surface area contributed by atoms with Gasteiger partial charge in [-0.15, -0.1) is 0 Å². The number of nitrogens with zero attached hydrogens (tertiary/aromatic N) is 1. The Labute approximate surface area is 95.8 Å². The molecule has 1 atom stereocenters. The van der Waals surface area contributed by atoms with Crippen LogP contribution in [0, 0.1) is 11.3 Å². The zero-order chi connectivity index (χ0) is 12.0. The van der Waals surface area contributed by atoms with Crippen LogP contribution in [0.2, 0.25) is 0 Å². The molecular weight excluding hydrogens is 204 g/mol. The molecule has 0 saturated heterocycles. The first-order chi connectivity index (χ1) is 7.71. The van der Waals surface area contributed by atoms with E-state index in [9.17, 15) is 0 Å². The molecule has 1 N–H and O–H groups in total. The Morgan fingerprint density at radius 1 is 1.44 bits per heavy atom. The van der Waals surface area contributed by atoms with Gasteiger partial charge in [-0.3, -0.25) is 0 Å². The van der Waals surface area contributed by atoms with E-state index in [4.69, 9.17) is 14.7 Å². The van der Waals surface area contributed by atoms with E-state index in [1.165, 1.54) is 0 Å². The van der Waals surface area contributed by atoms with Crippen molar-refractivity contribution in [3.8, 4) is 11.8 Å². The zero-order valence-corrected chi connectivity index (χ0v) is 9.78. The highest BCUT2D eigenvalue weighted by Gasteiger charge is 2.07. The van der Waals surface area contributed by atoms with Crippen LogP contribution in [0.4, 0.5) is 5.69 Å². The van der Waals surface area contributed by atoms with Gasteiger partial charge in [0, 0.05) is 19.2 Å². The number of ether oxygens (including phenoxy) is 2. The molecule has 4 nitrogen and oxygen atoms in total. The van der Waals surface area contributed by atoms with Gasteiger partial charge in [0.25, 0.3) is 0 Å². The Morgan fingerprint density at radius 2 is 2.19 bits per heavy atom. The van der Waals surface area contributed by atoms with Gasteiger partial charge in [0.1, 0.15) is 11.8 Å². The highest BCUT2D eigenvalue weighted by atomic mass is 16.5. The maximum Gasteiger partial charge on any atom is 0.121 e. The van der Waals surface area contributed by atoms with E-state index in [0.717, 1.165) is 11.4 Å². The van der Waals surface area contributed by atoms with Crippen molar-refractivity contribution in [3.63, 3.8) is 0 Å². The van der Waals surface area contributed by atoms with E-state index in [-0.39, 0.29) is 6.04 Å². The molecule has 86 valence electrons. The molecule has 4 heteroatoms. The third kappa shape index (κ3) is 3.14. The summed E-state index contributed by atoms with van der Waals surface area (Å²) in [5, 5.41) is 12.2. The van der Waals surface area contributed by atoms with Crippen molar-refractivity contribution in [1.82, 2.24) is 0 Å². The molecule has 0 heterocycles. The van der Waals surface area contributed by atoms with Crippen LogP contribution in [-0.2, 0) is 4.74 Å². The van der Waals surface area contributed by atoms with Crippen LogP contribution in [0.15, 0.2) is 18.2 Å². The minimum atomic E-state index is 0.143. The normalized spacial score (nSPS) is 11.6. The van der Waals surface area contributed by atoms with Crippen molar-refractivity contribution in [2.45, 2.75) is 13.0 Å². The topological polar surface area (TPSA) is 54.3 Å². The number of benzene rings is 1. The van der Waals surface area contributed by atoms with Crippen LogP contribution in [0.3, 0.4) is 0 Å². The van der Waals surface area contributed by atoms with Gasteiger partial charge >= 0.3 is 0 Å². The first kappa shape index (κ1) is 12.3. The van der Waals surface area contributed by atoms with Crippen molar-refractivity contribution in [3.05, 3.63) is 23.8 Å². The largest absolute Gasteiger partial charge is 0.497 e. The molecular formula is C12H16N2O2. The summed E-state index contributed by atoms with van der Waals surface area (Å²) in [6, 6.07) is 7.59. The molecule has 1 unspecified atom stereocenters. The van der Waals surface area contributed by atoms with Gasteiger partial charge in [-0.25, -0.2) is 0 Å². The van der Waals surface area contributed by atoms with E-state index in [0.29, 0.717) is 12.2 Å². The lowest BCUT2D eigenvalue weighted by molar-refractivity contribution is 0.190. The van der Waals surface area contributed by atoms with Gasteiger partial charge in [0.2, 0.25) is 0 Å². The highest BCUT2D eigenvalue weighted by Crippen LogP contribution is 2.22. The lowest BCUT2D eigenvalue weighted by Crippen LogP contribution is -2.21. The zero-order valence-electron chi connectivity index (χ0n) is 9.78. The SMILES string of the molecule is COCC(C)Nc1cc(OC)ccc1C#N. The predicted molar refractivity (Wildman–Crippen MR) is 62.7 cm³/mol. The lowest BCUT2D eigenvalue weighted by Gasteiger charge is -2.15. The molecule has 0 saturated carbocycles. The minimum Gasteiger partial charge on any atom is -0.497 e. The fourth-order valence-electron chi connectivity index (χ4n) is 1.42. The number of nitrogens with one attached hydrogen (secondary N) is 1. The quantitative estimate of drug-likeness (QED) is 0.824. The second-order valence-electron chi connectivity index (χ2n) is 3.52. The Kier molecular flexibility index (Phi) is 4.62. The first-order valence-electron chi connectivity index (χ1n) is 5.05. The summed E-state index contributed by atoms with van der Waals surface area (Å²) < 4.78 is 10.1. The van der Waals surface area contributed by atoms with E-state index in [2.05, 4.69) is 11.4 Å². The average Bonchev–Trinajstić information content (AvgIpc) is 2.29. The van der Waals surface area contributed by atoms with Crippen molar-refractivity contribution in [2.75, 3.05) is 26.1 Å². The van der Waals surface area contributed by atoms with E-state index in [1.54, 1.807) is 26.4 Å². The minimum absolute atomic E-state index is 0.143. The third-order valence-electron chi connectivity index (χ3n) is 2.17. The summed E-state index contributed by atoms with van der Waals surface area (Å²) in [5.74, 6) is 0.728. The number of nitriles is 1. The Bertz CT molecular complexity index is 385. The molecule has 16 heavy (non-hydrogen) atoms. The van der Waals surface area contributed by atoms with Crippen LogP contribution in [0.5, 0.6) is 5.75 Å². The van der Waals surface area contributed by atoms with E-state index >= 15 is 0 Å². The number of anilines is 1. The summed E-state index contributed by atoms with van der Waals surface area (Å²) in [6.45, 7) is 2.58.